The topological polar surface area (TPSA) is 48.9 Å². The third-order valence-corrected chi connectivity index (χ3v) is 3.97. The summed E-state index contributed by atoms with van der Waals surface area (Å²) in [6.07, 6.45) is 3.20. The summed E-state index contributed by atoms with van der Waals surface area (Å²) < 4.78 is 13.9. The van der Waals surface area contributed by atoms with Crippen molar-refractivity contribution in [2.75, 3.05) is 0 Å². The van der Waals surface area contributed by atoms with Crippen LogP contribution >= 0.6 is 11.3 Å². The van der Waals surface area contributed by atoms with Crippen LogP contribution in [0.5, 0.6) is 0 Å². The van der Waals surface area contributed by atoms with E-state index in [1.807, 2.05) is 6.07 Å². The molecule has 18 heavy (non-hydrogen) atoms. The number of fused-ring (bicyclic) bond motifs is 1. The number of hydrogen-bond donors (Lipinski definition) is 2. The van der Waals surface area contributed by atoms with Crippen LogP contribution in [0.1, 0.15) is 16.8 Å². The molecule has 3 rings (SSSR count). The Morgan fingerprint density at radius 3 is 3.06 bits per heavy atom. The number of H-pyrrole nitrogens is 1. The number of aliphatic hydroxyl groups is 1. The molecule has 1 aromatic carbocycles. The average molecular weight is 262 g/mol. The molecular weight excluding hydrogens is 251 g/mol. The van der Waals surface area contributed by atoms with Crippen LogP contribution < -0.4 is 0 Å². The zero-order chi connectivity index (χ0) is 12.5. The van der Waals surface area contributed by atoms with Gasteiger partial charge in [-0.1, -0.05) is 6.07 Å². The smallest absolute Gasteiger partial charge is 0.124 e. The fraction of sp³-hybridized carbons (Fsp3) is 0.154. The second-order valence-electron chi connectivity index (χ2n) is 4.09. The largest absolute Gasteiger partial charge is 0.387 e. The van der Waals surface area contributed by atoms with E-state index in [0.29, 0.717) is 6.42 Å². The molecule has 0 aliphatic carbocycles. The van der Waals surface area contributed by atoms with Gasteiger partial charge in [-0.25, -0.2) is 9.37 Å². The average Bonchev–Trinajstić information content (AvgIpc) is 2.96. The Labute approximate surface area is 107 Å². The first-order valence-electron chi connectivity index (χ1n) is 5.58. The van der Waals surface area contributed by atoms with Gasteiger partial charge in [-0.2, -0.15) is 0 Å². The Morgan fingerprint density at radius 1 is 1.39 bits per heavy atom. The van der Waals surface area contributed by atoms with Gasteiger partial charge in [-0.05, 0) is 23.6 Å². The second-order valence-corrected chi connectivity index (χ2v) is 5.20. The van der Waals surface area contributed by atoms with Crippen LogP contribution in [0.3, 0.4) is 0 Å². The molecule has 0 saturated heterocycles. The van der Waals surface area contributed by atoms with Crippen LogP contribution in [0.2, 0.25) is 0 Å². The number of nitrogens with one attached hydrogen (secondary N) is 1. The van der Waals surface area contributed by atoms with Gasteiger partial charge in [0, 0.05) is 28.4 Å². The third kappa shape index (κ3) is 2.14. The molecule has 3 aromatic rings. The van der Waals surface area contributed by atoms with E-state index in [4.69, 9.17) is 0 Å². The van der Waals surface area contributed by atoms with E-state index in [2.05, 4.69) is 9.97 Å². The lowest BCUT2D eigenvalue weighted by atomic mass is 10.2. The molecule has 2 heterocycles. The lowest BCUT2D eigenvalue weighted by molar-refractivity contribution is 0.180. The number of aromatic nitrogens is 2. The summed E-state index contributed by atoms with van der Waals surface area (Å²) in [5.74, 6) is 0.488. The number of aromatic amines is 1. The number of rotatable bonds is 3. The molecule has 0 saturated carbocycles. The number of thiophene rings is 1. The van der Waals surface area contributed by atoms with Gasteiger partial charge in [-0.3, -0.25) is 0 Å². The van der Waals surface area contributed by atoms with E-state index in [1.54, 1.807) is 18.5 Å². The molecule has 5 heteroatoms. The van der Waals surface area contributed by atoms with Gasteiger partial charge in [0.25, 0.3) is 0 Å². The molecular formula is C13H11FN2OS. The number of benzene rings is 1. The molecule has 0 bridgehead atoms. The van der Waals surface area contributed by atoms with Crippen LogP contribution in [0.25, 0.3) is 10.1 Å². The summed E-state index contributed by atoms with van der Waals surface area (Å²) in [5.41, 5.74) is 0. The fourth-order valence-corrected chi connectivity index (χ4v) is 2.96. The molecule has 0 aliphatic rings. The van der Waals surface area contributed by atoms with Gasteiger partial charge in [0.05, 0.1) is 6.10 Å². The van der Waals surface area contributed by atoms with E-state index in [-0.39, 0.29) is 5.82 Å². The maximum Gasteiger partial charge on any atom is 0.124 e. The van der Waals surface area contributed by atoms with Gasteiger partial charge in [0.1, 0.15) is 11.6 Å². The highest BCUT2D eigenvalue weighted by Crippen LogP contribution is 2.31. The summed E-state index contributed by atoms with van der Waals surface area (Å²) in [7, 11) is 0. The van der Waals surface area contributed by atoms with Crippen molar-refractivity contribution in [3.63, 3.8) is 0 Å². The molecule has 1 atom stereocenters. The second kappa shape index (κ2) is 4.51. The Balaban J connectivity index is 1.89. The SMILES string of the molecule is OC(Cc1ncc[nH]1)c1cc2ccc(F)cc2s1. The van der Waals surface area contributed by atoms with Crippen molar-refractivity contribution in [2.45, 2.75) is 12.5 Å². The third-order valence-electron chi connectivity index (χ3n) is 2.77. The number of halogens is 1. The fourth-order valence-electron chi connectivity index (χ4n) is 1.88. The maximum atomic E-state index is 13.1. The highest BCUT2D eigenvalue weighted by Gasteiger charge is 2.13. The quantitative estimate of drug-likeness (QED) is 0.762. The molecule has 0 aliphatic heterocycles. The Hall–Kier alpha value is -1.72. The van der Waals surface area contributed by atoms with E-state index >= 15 is 0 Å². The minimum atomic E-state index is -0.614. The zero-order valence-electron chi connectivity index (χ0n) is 9.43. The Bertz CT molecular complexity index is 663. The van der Waals surface area contributed by atoms with Crippen LogP contribution in [0.15, 0.2) is 36.7 Å². The van der Waals surface area contributed by atoms with Crippen molar-refractivity contribution in [1.82, 2.24) is 9.97 Å². The molecule has 3 nitrogen and oxygen atoms in total. The minimum absolute atomic E-state index is 0.253. The predicted octanol–water partition coefficient (Wildman–Crippen LogP) is 3.04. The molecule has 2 N–H and O–H groups in total. The highest BCUT2D eigenvalue weighted by atomic mass is 32.1. The molecule has 0 spiro atoms. The first kappa shape index (κ1) is 11.4. The minimum Gasteiger partial charge on any atom is -0.387 e. The number of nitrogens with zero attached hydrogens (tertiary/aromatic N) is 1. The number of imidazole rings is 1. The molecule has 1 unspecified atom stereocenters. The summed E-state index contributed by atoms with van der Waals surface area (Å²) in [5, 5.41) is 11.1. The summed E-state index contributed by atoms with van der Waals surface area (Å²) in [6.45, 7) is 0. The van der Waals surface area contributed by atoms with E-state index in [9.17, 15) is 9.50 Å². The Kier molecular flexibility index (Phi) is 2.85. The van der Waals surface area contributed by atoms with E-state index in [1.165, 1.54) is 23.5 Å². The molecule has 2 aromatic heterocycles. The first-order valence-corrected chi connectivity index (χ1v) is 6.39. The summed E-state index contributed by atoms with van der Waals surface area (Å²) >= 11 is 1.41. The Morgan fingerprint density at radius 2 is 2.28 bits per heavy atom. The number of aliphatic hydroxyl groups excluding tert-OH is 1. The lowest BCUT2D eigenvalue weighted by Crippen LogP contribution is -2.00. The van der Waals surface area contributed by atoms with Crippen molar-refractivity contribution < 1.29 is 9.50 Å². The summed E-state index contributed by atoms with van der Waals surface area (Å²) in [4.78, 5) is 7.86. The molecule has 0 amide bonds. The molecule has 92 valence electrons. The van der Waals surface area contributed by atoms with Gasteiger partial charge in [0.15, 0.2) is 0 Å². The molecule has 0 fully saturated rings. The maximum absolute atomic E-state index is 13.1. The van der Waals surface area contributed by atoms with Crippen LogP contribution in [0, 0.1) is 5.82 Å². The molecule has 0 radical (unpaired) electrons. The van der Waals surface area contributed by atoms with Crippen molar-refractivity contribution >= 4 is 21.4 Å². The van der Waals surface area contributed by atoms with Crippen molar-refractivity contribution in [3.8, 4) is 0 Å². The monoisotopic (exact) mass is 262 g/mol. The first-order chi connectivity index (χ1) is 8.72. The van der Waals surface area contributed by atoms with Gasteiger partial charge in [0.2, 0.25) is 0 Å². The van der Waals surface area contributed by atoms with Crippen LogP contribution in [0.4, 0.5) is 4.39 Å². The lowest BCUT2D eigenvalue weighted by Gasteiger charge is -2.05. The van der Waals surface area contributed by atoms with Crippen molar-refractivity contribution in [1.29, 1.82) is 0 Å². The predicted molar refractivity (Wildman–Crippen MR) is 69.0 cm³/mol. The van der Waals surface area contributed by atoms with Crippen molar-refractivity contribution in [2.24, 2.45) is 0 Å². The van der Waals surface area contributed by atoms with Crippen molar-refractivity contribution in [3.05, 3.63) is 53.2 Å². The van der Waals surface area contributed by atoms with Gasteiger partial charge in [-0.15, -0.1) is 11.3 Å². The van der Waals surface area contributed by atoms with E-state index in [0.717, 1.165) is 20.8 Å². The van der Waals surface area contributed by atoms with Crippen LogP contribution in [-0.2, 0) is 6.42 Å². The zero-order valence-corrected chi connectivity index (χ0v) is 10.2. The van der Waals surface area contributed by atoms with Gasteiger partial charge < -0.3 is 10.1 Å². The van der Waals surface area contributed by atoms with Crippen LogP contribution in [-0.4, -0.2) is 15.1 Å². The van der Waals surface area contributed by atoms with Gasteiger partial charge >= 0.3 is 0 Å². The highest BCUT2D eigenvalue weighted by molar-refractivity contribution is 7.19. The van der Waals surface area contributed by atoms with E-state index < -0.39 is 6.10 Å². The number of hydrogen-bond acceptors (Lipinski definition) is 3. The normalized spacial score (nSPS) is 13.0. The standard InChI is InChI=1S/C13H11FN2OS/c14-9-2-1-8-5-12(18-11(8)6-9)10(17)7-13-15-3-4-16-13/h1-6,10,17H,7H2,(H,15,16). The summed E-state index contributed by atoms with van der Waals surface area (Å²) in [6, 6.07) is 6.54.